The number of anilines is 1. The van der Waals surface area contributed by atoms with Crippen LogP contribution in [0.25, 0.3) is 0 Å². The lowest BCUT2D eigenvalue weighted by molar-refractivity contribution is 0.856. The first-order chi connectivity index (χ1) is 6.91. The quantitative estimate of drug-likeness (QED) is 0.755. The molecule has 3 N–H and O–H groups in total. The molecule has 1 aromatic rings. The summed E-state index contributed by atoms with van der Waals surface area (Å²) < 4.78 is 0. The van der Waals surface area contributed by atoms with Crippen LogP contribution in [0.15, 0.2) is 12.1 Å². The predicted molar refractivity (Wildman–Crippen MR) is 70.4 cm³/mol. The SMILES string of the molecule is Cc1cc(C)c(C(C)C)cc1NC(N)=S. The first kappa shape index (κ1) is 12.0. The summed E-state index contributed by atoms with van der Waals surface area (Å²) in [4.78, 5) is 0. The van der Waals surface area contributed by atoms with Gasteiger partial charge in [0.25, 0.3) is 0 Å². The van der Waals surface area contributed by atoms with E-state index in [0.717, 1.165) is 5.69 Å². The number of nitrogens with one attached hydrogen (secondary N) is 1. The Morgan fingerprint density at radius 3 is 2.33 bits per heavy atom. The summed E-state index contributed by atoms with van der Waals surface area (Å²) in [5, 5.41) is 3.32. The van der Waals surface area contributed by atoms with Crippen molar-refractivity contribution >= 4 is 23.0 Å². The number of hydrogen-bond donors (Lipinski definition) is 2. The van der Waals surface area contributed by atoms with Crippen molar-refractivity contribution in [3.05, 3.63) is 28.8 Å². The molecule has 0 aromatic heterocycles. The van der Waals surface area contributed by atoms with Crippen LogP contribution in [-0.4, -0.2) is 5.11 Å². The van der Waals surface area contributed by atoms with Crippen molar-refractivity contribution in [2.24, 2.45) is 5.73 Å². The Balaban J connectivity index is 3.17. The van der Waals surface area contributed by atoms with E-state index in [1.807, 2.05) is 0 Å². The average molecular weight is 222 g/mol. The van der Waals surface area contributed by atoms with Crippen LogP contribution in [0.5, 0.6) is 0 Å². The van der Waals surface area contributed by atoms with Crippen molar-refractivity contribution in [1.29, 1.82) is 0 Å². The number of nitrogens with two attached hydrogens (primary N) is 1. The van der Waals surface area contributed by atoms with Gasteiger partial charge in [-0.3, -0.25) is 0 Å². The summed E-state index contributed by atoms with van der Waals surface area (Å²) in [6.45, 7) is 8.55. The molecule has 0 atom stereocenters. The molecule has 15 heavy (non-hydrogen) atoms. The van der Waals surface area contributed by atoms with Gasteiger partial charge < -0.3 is 11.1 Å². The van der Waals surface area contributed by atoms with Crippen LogP contribution < -0.4 is 11.1 Å². The molecule has 3 heteroatoms. The van der Waals surface area contributed by atoms with Gasteiger partial charge in [-0.05, 0) is 54.7 Å². The Morgan fingerprint density at radius 1 is 1.27 bits per heavy atom. The third-order valence-corrected chi connectivity index (χ3v) is 2.59. The molecule has 1 rings (SSSR count). The molecule has 1 aromatic carbocycles. The minimum Gasteiger partial charge on any atom is -0.376 e. The lowest BCUT2D eigenvalue weighted by Crippen LogP contribution is -2.19. The van der Waals surface area contributed by atoms with Gasteiger partial charge in [-0.1, -0.05) is 19.9 Å². The van der Waals surface area contributed by atoms with E-state index in [1.165, 1.54) is 16.7 Å². The molecule has 0 fully saturated rings. The molecule has 82 valence electrons. The van der Waals surface area contributed by atoms with E-state index in [-0.39, 0.29) is 0 Å². The summed E-state index contributed by atoms with van der Waals surface area (Å²) in [6, 6.07) is 4.30. The lowest BCUT2D eigenvalue weighted by Gasteiger charge is -2.15. The molecule has 0 aliphatic heterocycles. The average Bonchev–Trinajstić information content (AvgIpc) is 2.08. The highest BCUT2D eigenvalue weighted by Gasteiger charge is 2.07. The zero-order valence-electron chi connectivity index (χ0n) is 9.72. The van der Waals surface area contributed by atoms with E-state index in [9.17, 15) is 0 Å². The van der Waals surface area contributed by atoms with E-state index in [2.05, 4.69) is 45.1 Å². The maximum atomic E-state index is 5.48. The van der Waals surface area contributed by atoms with Crippen LogP contribution in [0.2, 0.25) is 0 Å². The second kappa shape index (κ2) is 4.62. The first-order valence-corrected chi connectivity index (χ1v) is 5.50. The molecule has 2 nitrogen and oxygen atoms in total. The third kappa shape index (κ3) is 2.93. The predicted octanol–water partition coefficient (Wildman–Crippen LogP) is 3.08. The van der Waals surface area contributed by atoms with Gasteiger partial charge >= 0.3 is 0 Å². The van der Waals surface area contributed by atoms with Gasteiger partial charge in [0.05, 0.1) is 0 Å². The fourth-order valence-electron chi connectivity index (χ4n) is 1.76. The zero-order valence-corrected chi connectivity index (χ0v) is 10.5. The molecule has 0 spiro atoms. The molecule has 0 saturated heterocycles. The van der Waals surface area contributed by atoms with E-state index in [1.54, 1.807) is 0 Å². The van der Waals surface area contributed by atoms with E-state index < -0.39 is 0 Å². The number of aryl methyl sites for hydroxylation is 2. The van der Waals surface area contributed by atoms with Crippen molar-refractivity contribution in [2.45, 2.75) is 33.6 Å². The van der Waals surface area contributed by atoms with E-state index >= 15 is 0 Å². The van der Waals surface area contributed by atoms with Crippen LogP contribution >= 0.6 is 12.2 Å². The van der Waals surface area contributed by atoms with Crippen LogP contribution in [-0.2, 0) is 0 Å². The Hall–Kier alpha value is -1.09. The molecule has 0 aliphatic carbocycles. The smallest absolute Gasteiger partial charge is 0.168 e. The lowest BCUT2D eigenvalue weighted by atomic mass is 9.95. The van der Waals surface area contributed by atoms with Gasteiger partial charge in [-0.25, -0.2) is 0 Å². The van der Waals surface area contributed by atoms with Crippen molar-refractivity contribution in [3.63, 3.8) is 0 Å². The van der Waals surface area contributed by atoms with Gasteiger partial charge in [0.15, 0.2) is 5.11 Å². The Bertz CT molecular complexity index is 383. The Kier molecular flexibility index (Phi) is 3.69. The highest BCUT2D eigenvalue weighted by Crippen LogP contribution is 2.26. The summed E-state index contributed by atoms with van der Waals surface area (Å²) in [6.07, 6.45) is 0. The van der Waals surface area contributed by atoms with Gasteiger partial charge in [-0.15, -0.1) is 0 Å². The Morgan fingerprint density at radius 2 is 1.87 bits per heavy atom. The van der Waals surface area contributed by atoms with Crippen LogP contribution in [0, 0.1) is 13.8 Å². The van der Waals surface area contributed by atoms with Gasteiger partial charge in [0.1, 0.15) is 0 Å². The second-order valence-electron chi connectivity index (χ2n) is 4.17. The fraction of sp³-hybridized carbons (Fsp3) is 0.417. The minimum atomic E-state index is 0.316. The number of thiocarbonyl (C=S) groups is 1. The van der Waals surface area contributed by atoms with Gasteiger partial charge in [-0.2, -0.15) is 0 Å². The molecular weight excluding hydrogens is 204 g/mol. The van der Waals surface area contributed by atoms with Crippen LogP contribution in [0.4, 0.5) is 5.69 Å². The first-order valence-electron chi connectivity index (χ1n) is 5.09. The highest BCUT2D eigenvalue weighted by molar-refractivity contribution is 7.80. The fourth-order valence-corrected chi connectivity index (χ4v) is 1.87. The van der Waals surface area contributed by atoms with Crippen molar-refractivity contribution in [1.82, 2.24) is 0 Å². The third-order valence-electron chi connectivity index (χ3n) is 2.49. The molecule has 0 radical (unpaired) electrons. The van der Waals surface area contributed by atoms with Crippen LogP contribution in [0.1, 0.15) is 36.5 Å². The second-order valence-corrected chi connectivity index (χ2v) is 4.61. The normalized spacial score (nSPS) is 10.5. The molecule has 0 amide bonds. The highest BCUT2D eigenvalue weighted by atomic mass is 32.1. The van der Waals surface area contributed by atoms with Gasteiger partial charge in [0.2, 0.25) is 0 Å². The monoisotopic (exact) mass is 222 g/mol. The molecule has 0 aliphatic rings. The van der Waals surface area contributed by atoms with Crippen molar-refractivity contribution in [3.8, 4) is 0 Å². The van der Waals surface area contributed by atoms with Crippen molar-refractivity contribution < 1.29 is 0 Å². The van der Waals surface area contributed by atoms with Gasteiger partial charge in [0, 0.05) is 5.69 Å². The van der Waals surface area contributed by atoms with Crippen molar-refractivity contribution in [2.75, 3.05) is 5.32 Å². The minimum absolute atomic E-state index is 0.316. The molecule has 0 bridgehead atoms. The topological polar surface area (TPSA) is 38.0 Å². The summed E-state index contributed by atoms with van der Waals surface area (Å²) >= 11 is 4.85. The molecular formula is C12H18N2S. The Labute approximate surface area is 96.9 Å². The number of hydrogen-bond acceptors (Lipinski definition) is 1. The van der Waals surface area contributed by atoms with E-state index in [4.69, 9.17) is 18.0 Å². The molecule has 0 unspecified atom stereocenters. The summed E-state index contributed by atoms with van der Waals surface area (Å²) in [7, 11) is 0. The largest absolute Gasteiger partial charge is 0.376 e. The van der Waals surface area contributed by atoms with Crippen LogP contribution in [0.3, 0.4) is 0 Å². The maximum absolute atomic E-state index is 5.48. The molecule has 0 saturated carbocycles. The summed E-state index contributed by atoms with van der Waals surface area (Å²) in [5.74, 6) is 0.512. The number of benzene rings is 1. The zero-order chi connectivity index (χ0) is 11.6. The standard InChI is InChI=1S/C12H18N2S/c1-7(2)10-6-11(14-12(13)15)9(4)5-8(10)3/h5-7H,1-4H3,(H3,13,14,15). The number of rotatable bonds is 2. The molecule has 0 heterocycles. The maximum Gasteiger partial charge on any atom is 0.168 e. The summed E-state index contributed by atoms with van der Waals surface area (Å²) in [5.41, 5.74) is 10.3. The van der Waals surface area contributed by atoms with E-state index in [0.29, 0.717) is 11.0 Å².